The molecule has 1 aliphatic carbocycles. The zero-order valence-corrected chi connectivity index (χ0v) is 12.4. The molecule has 0 aliphatic heterocycles. The molecule has 0 radical (unpaired) electrons. The van der Waals surface area contributed by atoms with Crippen molar-refractivity contribution in [1.82, 2.24) is 3.96 Å². The van der Waals surface area contributed by atoms with Gasteiger partial charge in [0.1, 0.15) is 5.54 Å². The maximum atomic E-state index is 12.6. The third kappa shape index (κ3) is 1.97. The van der Waals surface area contributed by atoms with E-state index in [9.17, 15) is 10.1 Å². The molecule has 104 valence electrons. The highest BCUT2D eigenvalue weighted by Crippen LogP contribution is 2.39. The van der Waals surface area contributed by atoms with Gasteiger partial charge in [-0.25, -0.2) is 3.96 Å². The summed E-state index contributed by atoms with van der Waals surface area (Å²) < 4.78 is 2.72. The van der Waals surface area contributed by atoms with Gasteiger partial charge in [-0.1, -0.05) is 37.0 Å². The number of nitriles is 1. The summed E-state index contributed by atoms with van der Waals surface area (Å²) in [5.74, 6) is 0.710. The van der Waals surface area contributed by atoms with Crippen molar-refractivity contribution in [1.29, 1.82) is 5.26 Å². The van der Waals surface area contributed by atoms with E-state index in [0.29, 0.717) is 5.92 Å². The molecule has 0 bridgehead atoms. The molecule has 0 amide bonds. The highest BCUT2D eigenvalue weighted by molar-refractivity contribution is 7.14. The third-order valence-corrected chi connectivity index (χ3v) is 5.85. The smallest absolute Gasteiger partial charge is 0.268 e. The third-order valence-electron chi connectivity index (χ3n) is 4.60. The zero-order valence-electron chi connectivity index (χ0n) is 11.6. The number of hydrogen-bond acceptors (Lipinski definition) is 3. The molecule has 0 spiro atoms. The normalized spacial score (nSPS) is 26.5. The van der Waals surface area contributed by atoms with Crippen molar-refractivity contribution in [2.45, 2.75) is 44.6 Å². The fourth-order valence-electron chi connectivity index (χ4n) is 3.18. The van der Waals surface area contributed by atoms with Crippen molar-refractivity contribution in [3.05, 3.63) is 34.6 Å². The molecule has 20 heavy (non-hydrogen) atoms. The second-order valence-electron chi connectivity index (χ2n) is 5.68. The number of aromatic nitrogens is 1. The van der Waals surface area contributed by atoms with Crippen LogP contribution in [0.15, 0.2) is 29.1 Å². The minimum Gasteiger partial charge on any atom is -0.268 e. The van der Waals surface area contributed by atoms with Gasteiger partial charge in [0, 0.05) is 0 Å². The quantitative estimate of drug-likeness (QED) is 0.841. The molecule has 1 heterocycles. The topological polar surface area (TPSA) is 45.8 Å². The molecule has 0 atom stereocenters. The van der Waals surface area contributed by atoms with Crippen LogP contribution in [0.3, 0.4) is 0 Å². The lowest BCUT2D eigenvalue weighted by Crippen LogP contribution is -2.40. The summed E-state index contributed by atoms with van der Waals surface area (Å²) >= 11 is 1.44. The Kier molecular flexibility index (Phi) is 3.39. The van der Waals surface area contributed by atoms with Gasteiger partial charge in [-0.3, -0.25) is 4.79 Å². The number of rotatable bonds is 2. The van der Waals surface area contributed by atoms with Gasteiger partial charge in [-0.2, -0.15) is 5.26 Å². The summed E-state index contributed by atoms with van der Waals surface area (Å²) in [6.07, 6.45) is 4.86. The molecule has 2 aromatic rings. The van der Waals surface area contributed by atoms with Crippen LogP contribution >= 0.6 is 11.5 Å². The molecule has 0 unspecified atom stereocenters. The molecule has 1 saturated carbocycles. The maximum Gasteiger partial charge on any atom is 0.270 e. The number of nitrogens with zero attached hydrogens (tertiary/aromatic N) is 2. The maximum absolute atomic E-state index is 12.6. The highest BCUT2D eigenvalue weighted by atomic mass is 32.1. The van der Waals surface area contributed by atoms with Gasteiger partial charge in [0.25, 0.3) is 5.56 Å². The molecule has 0 N–H and O–H groups in total. The lowest BCUT2D eigenvalue weighted by molar-refractivity contribution is 0.217. The van der Waals surface area contributed by atoms with Crippen molar-refractivity contribution in [2.24, 2.45) is 5.92 Å². The lowest BCUT2D eigenvalue weighted by atomic mass is 9.76. The SMILES string of the molecule is CCC1CCC(C#N)(n2sc3ccccc3c2=O)CC1. The van der Waals surface area contributed by atoms with Crippen LogP contribution in [0.4, 0.5) is 0 Å². The Bertz CT molecular complexity index is 714. The van der Waals surface area contributed by atoms with Gasteiger partial charge < -0.3 is 0 Å². The monoisotopic (exact) mass is 286 g/mol. The van der Waals surface area contributed by atoms with Crippen LogP contribution in [0.1, 0.15) is 39.0 Å². The van der Waals surface area contributed by atoms with Crippen molar-refractivity contribution >= 4 is 21.6 Å². The molecule has 3 rings (SSSR count). The van der Waals surface area contributed by atoms with Crippen LogP contribution in [-0.2, 0) is 5.54 Å². The fraction of sp³-hybridized carbons (Fsp3) is 0.500. The van der Waals surface area contributed by atoms with Gasteiger partial charge in [0.05, 0.1) is 16.2 Å². The predicted octanol–water partition coefficient (Wildman–Crippen LogP) is 3.88. The lowest BCUT2D eigenvalue weighted by Gasteiger charge is -2.34. The molecule has 1 aromatic heterocycles. The van der Waals surface area contributed by atoms with Gasteiger partial charge in [-0.05, 0) is 43.7 Å². The van der Waals surface area contributed by atoms with E-state index in [0.717, 1.165) is 35.8 Å². The first-order valence-corrected chi connectivity index (χ1v) is 8.00. The average Bonchev–Trinajstić information content (AvgIpc) is 2.85. The van der Waals surface area contributed by atoms with E-state index in [2.05, 4.69) is 13.0 Å². The Labute approximate surface area is 122 Å². The second-order valence-corrected chi connectivity index (χ2v) is 6.67. The summed E-state index contributed by atoms with van der Waals surface area (Å²) in [5.41, 5.74) is -0.617. The first-order chi connectivity index (χ1) is 9.70. The van der Waals surface area contributed by atoms with E-state index in [1.54, 1.807) is 3.96 Å². The summed E-state index contributed by atoms with van der Waals surface area (Å²) in [5, 5.41) is 10.4. The van der Waals surface area contributed by atoms with Gasteiger partial charge in [0.2, 0.25) is 0 Å². The van der Waals surface area contributed by atoms with E-state index in [1.807, 2.05) is 24.3 Å². The molecular weight excluding hydrogens is 268 g/mol. The van der Waals surface area contributed by atoms with E-state index in [-0.39, 0.29) is 5.56 Å². The van der Waals surface area contributed by atoms with Gasteiger partial charge in [-0.15, -0.1) is 0 Å². The van der Waals surface area contributed by atoms with Crippen molar-refractivity contribution < 1.29 is 0 Å². The van der Waals surface area contributed by atoms with Crippen LogP contribution in [0.2, 0.25) is 0 Å². The first-order valence-electron chi connectivity index (χ1n) is 7.23. The number of hydrogen-bond donors (Lipinski definition) is 0. The molecular formula is C16H18N2OS. The van der Waals surface area contributed by atoms with E-state index in [1.165, 1.54) is 18.0 Å². The second kappa shape index (κ2) is 5.06. The zero-order chi connectivity index (χ0) is 14.2. The van der Waals surface area contributed by atoms with Crippen molar-refractivity contribution in [3.8, 4) is 6.07 Å². The van der Waals surface area contributed by atoms with Crippen LogP contribution in [-0.4, -0.2) is 3.96 Å². The average molecular weight is 286 g/mol. The molecule has 1 aliphatic rings. The number of fused-ring (bicyclic) bond motifs is 1. The van der Waals surface area contributed by atoms with Crippen LogP contribution < -0.4 is 5.56 Å². The van der Waals surface area contributed by atoms with Gasteiger partial charge >= 0.3 is 0 Å². The first kappa shape index (κ1) is 13.4. The fourth-order valence-corrected chi connectivity index (χ4v) is 4.35. The Balaban J connectivity index is 2.07. The summed E-state index contributed by atoms with van der Waals surface area (Å²) in [6.45, 7) is 2.20. The van der Waals surface area contributed by atoms with Crippen LogP contribution in [0.25, 0.3) is 10.1 Å². The molecule has 3 nitrogen and oxygen atoms in total. The largest absolute Gasteiger partial charge is 0.270 e. The Hall–Kier alpha value is -1.60. The summed E-state index contributed by atoms with van der Waals surface area (Å²) in [6, 6.07) is 10.1. The highest BCUT2D eigenvalue weighted by Gasteiger charge is 2.38. The Morgan fingerprint density at radius 1 is 1.40 bits per heavy atom. The summed E-state index contributed by atoms with van der Waals surface area (Å²) in [7, 11) is 0. The molecule has 1 fully saturated rings. The van der Waals surface area contributed by atoms with Gasteiger partial charge in [0.15, 0.2) is 0 Å². The Morgan fingerprint density at radius 2 is 2.10 bits per heavy atom. The van der Waals surface area contributed by atoms with Crippen LogP contribution in [0, 0.1) is 17.2 Å². The molecule has 0 saturated heterocycles. The van der Waals surface area contributed by atoms with Crippen molar-refractivity contribution in [2.75, 3.05) is 0 Å². The summed E-state index contributed by atoms with van der Waals surface area (Å²) in [4.78, 5) is 12.6. The van der Waals surface area contributed by atoms with E-state index < -0.39 is 5.54 Å². The minimum atomic E-state index is -0.619. The number of benzene rings is 1. The molecule has 1 aromatic carbocycles. The molecule has 4 heteroatoms. The predicted molar refractivity (Wildman–Crippen MR) is 81.9 cm³/mol. The van der Waals surface area contributed by atoms with Crippen LogP contribution in [0.5, 0.6) is 0 Å². The minimum absolute atomic E-state index is 0.00194. The van der Waals surface area contributed by atoms with E-state index in [4.69, 9.17) is 0 Å². The van der Waals surface area contributed by atoms with Crippen molar-refractivity contribution in [3.63, 3.8) is 0 Å². The Morgan fingerprint density at radius 3 is 2.70 bits per heavy atom. The van der Waals surface area contributed by atoms with E-state index >= 15 is 0 Å². The standard InChI is InChI=1S/C16H18N2OS/c1-2-12-7-9-16(11-17,10-8-12)18-15(19)13-5-3-4-6-14(13)20-18/h3-6,12H,2,7-10H2,1H3.